The van der Waals surface area contributed by atoms with Gasteiger partial charge in [0.2, 0.25) is 0 Å². The zero-order chi connectivity index (χ0) is 26.7. The van der Waals surface area contributed by atoms with E-state index >= 15 is 0 Å². The van der Waals surface area contributed by atoms with Crippen molar-refractivity contribution in [3.8, 4) is 0 Å². The van der Waals surface area contributed by atoms with E-state index in [4.69, 9.17) is 9.47 Å². The number of methoxy groups -OCH3 is 1. The van der Waals surface area contributed by atoms with Crippen LogP contribution in [0, 0.1) is 39.4 Å². The molecule has 3 saturated carbocycles. The second-order valence-electron chi connectivity index (χ2n) is 15.0. The summed E-state index contributed by atoms with van der Waals surface area (Å²) in [5, 5.41) is 23.1. The Bertz CT molecular complexity index is 968. The van der Waals surface area contributed by atoms with Crippen LogP contribution >= 0.6 is 0 Å². The number of aliphatic hydroxyl groups excluding tert-OH is 2. The molecule has 0 aromatic carbocycles. The quantitative estimate of drug-likeness (QED) is 0.501. The number of ketones is 1. The first-order chi connectivity index (χ1) is 16.5. The molecule has 2 N–H and O–H groups in total. The summed E-state index contributed by atoms with van der Waals surface area (Å²) in [4.78, 5) is 12.9. The fourth-order valence-electron chi connectivity index (χ4n) is 10.4. The van der Waals surface area contributed by atoms with Crippen molar-refractivity contribution < 1.29 is 24.5 Å². The number of Topliss-reactive ketones (excluding diaryl/α,β-unsaturated/α-hetero) is 1. The number of hydrogen-bond donors (Lipinski definition) is 2. The minimum atomic E-state index is -0.718. The highest BCUT2D eigenvalue weighted by atomic mass is 16.5. The Labute approximate surface area is 218 Å². The van der Waals surface area contributed by atoms with E-state index in [0.717, 1.165) is 38.5 Å². The van der Waals surface area contributed by atoms with Gasteiger partial charge < -0.3 is 19.7 Å². The Morgan fingerprint density at radius 1 is 1.11 bits per heavy atom. The van der Waals surface area contributed by atoms with Crippen molar-refractivity contribution >= 4 is 5.78 Å². The minimum absolute atomic E-state index is 0.0754. The van der Waals surface area contributed by atoms with Crippen molar-refractivity contribution in [2.45, 2.75) is 130 Å². The lowest BCUT2D eigenvalue weighted by atomic mass is 9.36. The molecule has 1 spiro atoms. The van der Waals surface area contributed by atoms with E-state index in [2.05, 4.69) is 47.6 Å². The standard InChI is InChI=1S/C31H50O5/c1-18-16-20(25(34)27(4,5)35-9)36-31(18)15-14-29(7)22(31)17-19(32)24-28(6)12-11-23(33)26(2,3)21(28)10-13-30(24,29)8/h17-21,24-25,32,34H,10-16H2,1-9H3/t18-,19+,20+,21?,24+,25-,28+,29+,30+,31-/m1/s1. The van der Waals surface area contributed by atoms with Gasteiger partial charge in [-0.2, -0.15) is 0 Å². The molecule has 4 aliphatic carbocycles. The van der Waals surface area contributed by atoms with E-state index in [9.17, 15) is 15.0 Å². The summed E-state index contributed by atoms with van der Waals surface area (Å²) in [6.45, 7) is 17.6. The third kappa shape index (κ3) is 3.12. The van der Waals surface area contributed by atoms with Gasteiger partial charge in [0.25, 0.3) is 0 Å². The fraction of sp³-hybridized carbons (Fsp3) is 0.903. The molecule has 1 saturated heterocycles. The summed E-state index contributed by atoms with van der Waals surface area (Å²) in [6, 6.07) is 0. The molecule has 1 heterocycles. The Hall–Kier alpha value is -0.750. The number of hydrogen-bond acceptors (Lipinski definition) is 5. The number of fused-ring (bicyclic) bond motifs is 6. The molecule has 4 fully saturated rings. The molecule has 5 nitrogen and oxygen atoms in total. The zero-order valence-corrected chi connectivity index (χ0v) is 24.1. The fourth-order valence-corrected chi connectivity index (χ4v) is 10.4. The largest absolute Gasteiger partial charge is 0.389 e. The topological polar surface area (TPSA) is 76.0 Å². The van der Waals surface area contributed by atoms with Gasteiger partial charge >= 0.3 is 0 Å². The van der Waals surface area contributed by atoms with Crippen LogP contribution in [0.15, 0.2) is 11.6 Å². The molecule has 5 rings (SSSR count). The first-order valence-electron chi connectivity index (χ1n) is 14.4. The van der Waals surface area contributed by atoms with E-state index in [0.29, 0.717) is 18.1 Å². The molecular weight excluding hydrogens is 452 g/mol. The molecule has 1 unspecified atom stereocenters. The maximum Gasteiger partial charge on any atom is 0.138 e. The van der Waals surface area contributed by atoms with Crippen molar-refractivity contribution in [2.75, 3.05) is 7.11 Å². The number of rotatable bonds is 3. The highest BCUT2D eigenvalue weighted by Crippen LogP contribution is 2.75. The van der Waals surface area contributed by atoms with Gasteiger partial charge in [-0.05, 0) is 86.0 Å². The SMILES string of the molecule is COC(C)(C)[C@H](O)[C@@H]1C[C@@H](C)[C@@]2(CC[C@@]3(C)C2=C[C@H](O)[C@H]2[C@@]4(C)CCC(=O)C(C)(C)C4CC[C@@]23C)O1. The number of carbonyl (C=O) groups is 1. The Morgan fingerprint density at radius 2 is 1.78 bits per heavy atom. The monoisotopic (exact) mass is 502 g/mol. The van der Waals surface area contributed by atoms with Crippen LogP contribution in [0.2, 0.25) is 0 Å². The van der Waals surface area contributed by atoms with Gasteiger partial charge in [-0.15, -0.1) is 0 Å². The van der Waals surface area contributed by atoms with Crippen LogP contribution < -0.4 is 0 Å². The van der Waals surface area contributed by atoms with E-state index in [1.165, 1.54) is 5.57 Å². The summed E-state index contributed by atoms with van der Waals surface area (Å²) >= 11 is 0. The van der Waals surface area contributed by atoms with Crippen LogP contribution in [0.1, 0.15) is 100 Å². The molecule has 0 bridgehead atoms. The van der Waals surface area contributed by atoms with E-state index in [1.54, 1.807) is 7.11 Å². The summed E-state index contributed by atoms with van der Waals surface area (Å²) in [6.07, 6.45) is 6.88. The predicted molar refractivity (Wildman–Crippen MR) is 140 cm³/mol. The molecule has 5 aliphatic rings. The molecule has 36 heavy (non-hydrogen) atoms. The molecule has 1 aliphatic heterocycles. The third-order valence-electron chi connectivity index (χ3n) is 12.9. The van der Waals surface area contributed by atoms with Crippen LogP contribution in [0.3, 0.4) is 0 Å². The lowest BCUT2D eigenvalue weighted by molar-refractivity contribution is -0.197. The van der Waals surface area contributed by atoms with Crippen LogP contribution in [0.4, 0.5) is 0 Å². The summed E-state index contributed by atoms with van der Waals surface area (Å²) in [7, 11) is 1.64. The molecule has 10 atom stereocenters. The van der Waals surface area contributed by atoms with E-state index in [1.807, 2.05) is 13.8 Å². The second-order valence-corrected chi connectivity index (χ2v) is 15.0. The first-order valence-corrected chi connectivity index (χ1v) is 14.4. The highest BCUT2D eigenvalue weighted by molar-refractivity contribution is 5.85. The second kappa shape index (κ2) is 7.90. The molecule has 0 aromatic rings. The summed E-state index contributed by atoms with van der Waals surface area (Å²) < 4.78 is 12.5. The van der Waals surface area contributed by atoms with Gasteiger partial charge in [0.1, 0.15) is 11.9 Å². The minimum Gasteiger partial charge on any atom is -0.389 e. The summed E-state index contributed by atoms with van der Waals surface area (Å²) in [5.74, 6) is 1.05. The first kappa shape index (κ1) is 26.8. The average Bonchev–Trinajstić information content (AvgIpc) is 3.28. The third-order valence-corrected chi connectivity index (χ3v) is 12.9. The van der Waals surface area contributed by atoms with Crippen LogP contribution in [0.25, 0.3) is 0 Å². The lowest BCUT2D eigenvalue weighted by Crippen LogP contribution is -2.65. The molecule has 0 radical (unpaired) electrons. The lowest BCUT2D eigenvalue weighted by Gasteiger charge is -2.68. The van der Waals surface area contributed by atoms with Gasteiger partial charge in [0.15, 0.2) is 0 Å². The molecule has 204 valence electrons. The Balaban J connectivity index is 1.55. The molecule has 5 heteroatoms. The van der Waals surface area contributed by atoms with Crippen molar-refractivity contribution in [2.24, 2.45) is 39.4 Å². The molecule has 0 amide bonds. The van der Waals surface area contributed by atoms with E-state index in [-0.39, 0.29) is 39.6 Å². The van der Waals surface area contributed by atoms with Gasteiger partial charge in [0, 0.05) is 24.9 Å². The van der Waals surface area contributed by atoms with E-state index < -0.39 is 23.4 Å². The number of aliphatic hydroxyl groups is 2. The van der Waals surface area contributed by atoms with Crippen LogP contribution in [-0.4, -0.2) is 52.6 Å². The van der Waals surface area contributed by atoms with Crippen LogP contribution in [0.5, 0.6) is 0 Å². The van der Waals surface area contributed by atoms with Crippen molar-refractivity contribution in [3.05, 3.63) is 11.6 Å². The predicted octanol–water partition coefficient (Wildman–Crippen LogP) is 5.47. The Morgan fingerprint density at radius 3 is 2.42 bits per heavy atom. The summed E-state index contributed by atoms with van der Waals surface area (Å²) in [5.41, 5.74) is -0.433. The van der Waals surface area contributed by atoms with Gasteiger partial charge in [-0.1, -0.05) is 47.6 Å². The van der Waals surface area contributed by atoms with Crippen molar-refractivity contribution in [3.63, 3.8) is 0 Å². The maximum atomic E-state index is 12.9. The van der Waals surface area contributed by atoms with Crippen LogP contribution in [-0.2, 0) is 14.3 Å². The smallest absolute Gasteiger partial charge is 0.138 e. The zero-order valence-electron chi connectivity index (χ0n) is 24.1. The number of carbonyl (C=O) groups excluding carboxylic acids is 1. The average molecular weight is 503 g/mol. The van der Waals surface area contributed by atoms with Gasteiger partial charge in [-0.25, -0.2) is 0 Å². The molecule has 0 aromatic heterocycles. The maximum absolute atomic E-state index is 12.9. The van der Waals surface area contributed by atoms with Crippen molar-refractivity contribution in [1.82, 2.24) is 0 Å². The highest BCUT2D eigenvalue weighted by Gasteiger charge is 2.72. The van der Waals surface area contributed by atoms with Gasteiger partial charge in [-0.3, -0.25) is 4.79 Å². The molecular formula is C31H50O5. The Kier molecular flexibility index (Phi) is 5.89. The van der Waals surface area contributed by atoms with Gasteiger partial charge in [0.05, 0.1) is 23.4 Å². The normalized spacial score (nSPS) is 50.9. The van der Waals surface area contributed by atoms with Crippen molar-refractivity contribution in [1.29, 1.82) is 0 Å². The number of ether oxygens (including phenoxy) is 2.